The molecule has 1 saturated heterocycles. The lowest BCUT2D eigenvalue weighted by Crippen LogP contribution is -2.27. The molecule has 132 valence electrons. The number of hydrogen-bond donors (Lipinski definition) is 0. The lowest BCUT2D eigenvalue weighted by molar-refractivity contribution is 0.0793. The summed E-state index contributed by atoms with van der Waals surface area (Å²) in [6, 6.07) is 14.8. The highest BCUT2D eigenvalue weighted by Gasteiger charge is 2.20. The van der Waals surface area contributed by atoms with E-state index in [2.05, 4.69) is 10.1 Å². The van der Waals surface area contributed by atoms with E-state index in [0.717, 1.165) is 42.8 Å². The van der Waals surface area contributed by atoms with Gasteiger partial charge in [-0.3, -0.25) is 4.79 Å². The van der Waals surface area contributed by atoms with Crippen molar-refractivity contribution >= 4 is 5.91 Å². The van der Waals surface area contributed by atoms with Gasteiger partial charge < -0.3 is 14.2 Å². The van der Waals surface area contributed by atoms with E-state index < -0.39 is 0 Å². The van der Waals surface area contributed by atoms with Gasteiger partial charge in [0.15, 0.2) is 0 Å². The van der Waals surface area contributed by atoms with Crippen LogP contribution < -0.4 is 4.74 Å². The Morgan fingerprint density at radius 3 is 2.58 bits per heavy atom. The zero-order valence-corrected chi connectivity index (χ0v) is 14.5. The molecule has 0 aliphatic carbocycles. The molecule has 1 aliphatic heterocycles. The lowest BCUT2D eigenvalue weighted by Gasteiger charge is -2.15. The standard InChI is InChI=1S/C20H19N3O3/c1-25-17-9-7-14(8-10-17)19-21-18(22-26-19)15-5-4-6-16(13-15)20(24)23-11-2-3-12-23/h4-10,13H,2-3,11-12H2,1H3. The number of benzene rings is 2. The van der Waals surface area contributed by atoms with Gasteiger partial charge in [0, 0.05) is 29.8 Å². The number of hydrogen-bond acceptors (Lipinski definition) is 5. The minimum atomic E-state index is 0.0585. The highest BCUT2D eigenvalue weighted by Crippen LogP contribution is 2.25. The summed E-state index contributed by atoms with van der Waals surface area (Å²) in [7, 11) is 1.62. The fourth-order valence-corrected chi connectivity index (χ4v) is 3.09. The predicted octanol–water partition coefficient (Wildman–Crippen LogP) is 3.65. The first kappa shape index (κ1) is 16.3. The van der Waals surface area contributed by atoms with Crippen LogP contribution in [0.5, 0.6) is 5.75 Å². The first-order valence-electron chi connectivity index (χ1n) is 8.62. The van der Waals surface area contributed by atoms with Crippen molar-refractivity contribution in [3.05, 3.63) is 54.1 Å². The average Bonchev–Trinajstić information content (AvgIpc) is 3.40. The third-order valence-electron chi connectivity index (χ3n) is 4.52. The van der Waals surface area contributed by atoms with Gasteiger partial charge in [-0.1, -0.05) is 17.3 Å². The van der Waals surface area contributed by atoms with Gasteiger partial charge in [-0.05, 0) is 49.2 Å². The fourth-order valence-electron chi connectivity index (χ4n) is 3.09. The monoisotopic (exact) mass is 349 g/mol. The third kappa shape index (κ3) is 3.18. The predicted molar refractivity (Wildman–Crippen MR) is 96.9 cm³/mol. The molecule has 1 fully saturated rings. The minimum Gasteiger partial charge on any atom is -0.497 e. The van der Waals surface area contributed by atoms with Crippen molar-refractivity contribution in [1.29, 1.82) is 0 Å². The van der Waals surface area contributed by atoms with Crippen molar-refractivity contribution in [1.82, 2.24) is 15.0 Å². The van der Waals surface area contributed by atoms with Gasteiger partial charge in [0.1, 0.15) is 5.75 Å². The zero-order chi connectivity index (χ0) is 17.9. The van der Waals surface area contributed by atoms with Crippen LogP contribution in [0.25, 0.3) is 22.8 Å². The Morgan fingerprint density at radius 2 is 1.85 bits per heavy atom. The second-order valence-electron chi connectivity index (χ2n) is 6.23. The Hall–Kier alpha value is -3.15. The van der Waals surface area contributed by atoms with Crippen molar-refractivity contribution in [3.8, 4) is 28.6 Å². The van der Waals surface area contributed by atoms with Crippen molar-refractivity contribution in [2.45, 2.75) is 12.8 Å². The van der Waals surface area contributed by atoms with E-state index in [4.69, 9.17) is 9.26 Å². The molecule has 6 nitrogen and oxygen atoms in total. The second kappa shape index (κ2) is 7.00. The molecule has 6 heteroatoms. The van der Waals surface area contributed by atoms with Crippen LogP contribution in [0.3, 0.4) is 0 Å². The average molecular weight is 349 g/mol. The van der Waals surface area contributed by atoms with Crippen LogP contribution in [0.2, 0.25) is 0 Å². The molecule has 0 atom stereocenters. The lowest BCUT2D eigenvalue weighted by atomic mass is 10.1. The summed E-state index contributed by atoms with van der Waals surface area (Å²) in [6.07, 6.45) is 2.14. The number of aromatic nitrogens is 2. The second-order valence-corrected chi connectivity index (χ2v) is 6.23. The molecular weight excluding hydrogens is 330 g/mol. The first-order valence-corrected chi connectivity index (χ1v) is 8.62. The number of likely N-dealkylation sites (tertiary alicyclic amines) is 1. The van der Waals surface area contributed by atoms with E-state index in [1.807, 2.05) is 53.4 Å². The van der Waals surface area contributed by atoms with Crippen LogP contribution in [-0.4, -0.2) is 41.1 Å². The van der Waals surface area contributed by atoms with Gasteiger partial charge in [0.25, 0.3) is 11.8 Å². The van der Waals surface area contributed by atoms with Crippen LogP contribution in [0.15, 0.2) is 53.1 Å². The Labute approximate surface area is 151 Å². The van der Waals surface area contributed by atoms with E-state index in [1.54, 1.807) is 7.11 Å². The maximum atomic E-state index is 12.6. The van der Waals surface area contributed by atoms with Crippen molar-refractivity contribution in [2.24, 2.45) is 0 Å². The van der Waals surface area contributed by atoms with E-state index in [1.165, 1.54) is 0 Å². The molecule has 1 aromatic heterocycles. The molecular formula is C20H19N3O3. The fraction of sp³-hybridized carbons (Fsp3) is 0.250. The SMILES string of the molecule is COc1ccc(-c2nc(-c3cccc(C(=O)N4CCCC4)c3)no2)cc1. The van der Waals surface area contributed by atoms with Crippen molar-refractivity contribution in [3.63, 3.8) is 0 Å². The summed E-state index contributed by atoms with van der Waals surface area (Å²) in [5.74, 6) is 1.72. The summed E-state index contributed by atoms with van der Waals surface area (Å²) in [5.41, 5.74) is 2.23. The molecule has 1 aliphatic rings. The highest BCUT2D eigenvalue weighted by molar-refractivity contribution is 5.95. The molecule has 2 heterocycles. The number of methoxy groups -OCH3 is 1. The van der Waals surface area contributed by atoms with Gasteiger partial charge in [-0.15, -0.1) is 0 Å². The van der Waals surface area contributed by atoms with Crippen LogP contribution in [-0.2, 0) is 0 Å². The van der Waals surface area contributed by atoms with Crippen molar-refractivity contribution in [2.75, 3.05) is 20.2 Å². The molecule has 0 bridgehead atoms. The van der Waals surface area contributed by atoms with E-state index >= 15 is 0 Å². The molecule has 4 rings (SSSR count). The smallest absolute Gasteiger partial charge is 0.258 e. The molecule has 26 heavy (non-hydrogen) atoms. The number of ether oxygens (including phenoxy) is 1. The number of nitrogens with zero attached hydrogens (tertiary/aromatic N) is 3. The number of amides is 1. The topological polar surface area (TPSA) is 68.5 Å². The van der Waals surface area contributed by atoms with Crippen LogP contribution in [0, 0.1) is 0 Å². The van der Waals surface area contributed by atoms with Gasteiger partial charge in [-0.25, -0.2) is 0 Å². The minimum absolute atomic E-state index is 0.0585. The molecule has 3 aromatic rings. The van der Waals surface area contributed by atoms with Crippen molar-refractivity contribution < 1.29 is 14.1 Å². The molecule has 0 saturated carbocycles. The number of carbonyl (C=O) groups excluding carboxylic acids is 1. The van der Waals surface area contributed by atoms with Gasteiger partial charge >= 0.3 is 0 Å². The quantitative estimate of drug-likeness (QED) is 0.719. The Bertz CT molecular complexity index is 912. The number of carbonyl (C=O) groups is 1. The van der Waals surface area contributed by atoms with Gasteiger partial charge in [0.05, 0.1) is 7.11 Å². The molecule has 1 amide bonds. The summed E-state index contributed by atoms with van der Waals surface area (Å²) in [6.45, 7) is 1.65. The molecule has 0 unspecified atom stereocenters. The molecule has 0 N–H and O–H groups in total. The van der Waals surface area contributed by atoms with E-state index in [-0.39, 0.29) is 5.91 Å². The Balaban J connectivity index is 1.59. The Kier molecular flexibility index (Phi) is 4.39. The summed E-state index contributed by atoms with van der Waals surface area (Å²) < 4.78 is 10.5. The molecule has 0 radical (unpaired) electrons. The molecule has 2 aromatic carbocycles. The maximum Gasteiger partial charge on any atom is 0.258 e. The maximum absolute atomic E-state index is 12.6. The van der Waals surface area contributed by atoms with Crippen LogP contribution in [0.4, 0.5) is 0 Å². The first-order chi connectivity index (χ1) is 12.7. The number of rotatable bonds is 4. The summed E-state index contributed by atoms with van der Waals surface area (Å²) in [5, 5.41) is 4.06. The highest BCUT2D eigenvalue weighted by atomic mass is 16.5. The van der Waals surface area contributed by atoms with Crippen LogP contribution >= 0.6 is 0 Å². The van der Waals surface area contributed by atoms with Gasteiger partial charge in [-0.2, -0.15) is 4.98 Å². The van der Waals surface area contributed by atoms with Crippen LogP contribution in [0.1, 0.15) is 23.2 Å². The largest absolute Gasteiger partial charge is 0.497 e. The normalized spacial score (nSPS) is 13.8. The summed E-state index contributed by atoms with van der Waals surface area (Å²) >= 11 is 0. The molecule has 0 spiro atoms. The zero-order valence-electron chi connectivity index (χ0n) is 14.5. The third-order valence-corrected chi connectivity index (χ3v) is 4.52. The summed E-state index contributed by atoms with van der Waals surface area (Å²) in [4.78, 5) is 18.9. The Morgan fingerprint density at radius 1 is 1.08 bits per heavy atom. The van der Waals surface area contributed by atoms with E-state index in [0.29, 0.717) is 17.3 Å². The van der Waals surface area contributed by atoms with Gasteiger partial charge in [0.2, 0.25) is 5.82 Å². The van der Waals surface area contributed by atoms with E-state index in [9.17, 15) is 4.79 Å².